The molecule has 0 amide bonds. The van der Waals surface area contributed by atoms with Crippen molar-refractivity contribution < 1.29 is 13.9 Å². The van der Waals surface area contributed by atoms with Crippen LogP contribution >= 0.6 is 0 Å². The van der Waals surface area contributed by atoms with E-state index in [4.69, 9.17) is 14.5 Å². The van der Waals surface area contributed by atoms with Gasteiger partial charge in [0.1, 0.15) is 23.1 Å². The zero-order valence-corrected chi connectivity index (χ0v) is 15.6. The van der Waals surface area contributed by atoms with Gasteiger partial charge in [0.05, 0.1) is 25.6 Å². The van der Waals surface area contributed by atoms with Crippen LogP contribution in [-0.2, 0) is 0 Å². The van der Waals surface area contributed by atoms with Gasteiger partial charge in [-0.25, -0.2) is 9.37 Å². The number of imidazole rings is 1. The SMILES string of the molecule is COc1ccc(-c2nc(-c3ccc(F)cc3)[nH]c2-c2ccc(OC)cc2)cc1. The molecule has 4 aromatic rings. The molecule has 5 heteroatoms. The largest absolute Gasteiger partial charge is 0.497 e. The van der Waals surface area contributed by atoms with Crippen LogP contribution in [0.4, 0.5) is 4.39 Å². The van der Waals surface area contributed by atoms with E-state index in [9.17, 15) is 4.39 Å². The molecule has 0 saturated heterocycles. The number of hydrogen-bond acceptors (Lipinski definition) is 3. The first-order valence-electron chi connectivity index (χ1n) is 8.83. The van der Waals surface area contributed by atoms with Gasteiger partial charge in [0.15, 0.2) is 0 Å². The third-order valence-electron chi connectivity index (χ3n) is 4.56. The predicted molar refractivity (Wildman–Crippen MR) is 108 cm³/mol. The van der Waals surface area contributed by atoms with Gasteiger partial charge < -0.3 is 14.5 Å². The molecule has 0 spiro atoms. The first-order chi connectivity index (χ1) is 13.7. The summed E-state index contributed by atoms with van der Waals surface area (Å²) in [6, 6.07) is 21.8. The van der Waals surface area contributed by atoms with Gasteiger partial charge in [0.2, 0.25) is 0 Å². The van der Waals surface area contributed by atoms with Crippen LogP contribution in [0.15, 0.2) is 72.8 Å². The summed E-state index contributed by atoms with van der Waals surface area (Å²) in [5.74, 6) is 1.97. The van der Waals surface area contributed by atoms with Gasteiger partial charge in [-0.15, -0.1) is 0 Å². The number of halogens is 1. The number of rotatable bonds is 5. The molecule has 0 aliphatic carbocycles. The summed E-state index contributed by atoms with van der Waals surface area (Å²) in [7, 11) is 3.28. The molecule has 0 saturated carbocycles. The molecule has 1 heterocycles. The Morgan fingerprint density at radius 1 is 0.679 bits per heavy atom. The average Bonchev–Trinajstić information content (AvgIpc) is 3.20. The Hall–Kier alpha value is -3.60. The minimum Gasteiger partial charge on any atom is -0.497 e. The summed E-state index contributed by atoms with van der Waals surface area (Å²) in [5.41, 5.74) is 4.44. The molecule has 0 radical (unpaired) electrons. The zero-order chi connectivity index (χ0) is 19.5. The van der Waals surface area contributed by atoms with Crippen molar-refractivity contribution in [1.82, 2.24) is 9.97 Å². The molecule has 0 bridgehead atoms. The van der Waals surface area contributed by atoms with Gasteiger partial charge in [-0.2, -0.15) is 0 Å². The van der Waals surface area contributed by atoms with E-state index < -0.39 is 0 Å². The van der Waals surface area contributed by atoms with Crippen LogP contribution < -0.4 is 9.47 Å². The van der Waals surface area contributed by atoms with Crippen LogP contribution in [-0.4, -0.2) is 24.2 Å². The summed E-state index contributed by atoms with van der Waals surface area (Å²) >= 11 is 0. The molecular weight excluding hydrogens is 355 g/mol. The van der Waals surface area contributed by atoms with Crippen molar-refractivity contribution in [2.24, 2.45) is 0 Å². The summed E-state index contributed by atoms with van der Waals surface area (Å²) in [4.78, 5) is 8.20. The van der Waals surface area contributed by atoms with E-state index in [-0.39, 0.29) is 5.82 Å². The van der Waals surface area contributed by atoms with Gasteiger partial charge in [-0.1, -0.05) is 0 Å². The Balaban J connectivity index is 1.84. The molecular formula is C23H19FN2O2. The Morgan fingerprint density at radius 2 is 1.18 bits per heavy atom. The summed E-state index contributed by atoms with van der Waals surface area (Å²) in [6.45, 7) is 0. The molecule has 0 aliphatic heterocycles. The van der Waals surface area contributed by atoms with Gasteiger partial charge in [-0.05, 0) is 72.8 Å². The maximum atomic E-state index is 13.3. The number of ether oxygens (including phenoxy) is 2. The van der Waals surface area contributed by atoms with E-state index in [1.165, 1.54) is 12.1 Å². The average molecular weight is 374 g/mol. The van der Waals surface area contributed by atoms with Crippen molar-refractivity contribution in [1.29, 1.82) is 0 Å². The topological polar surface area (TPSA) is 47.1 Å². The smallest absolute Gasteiger partial charge is 0.138 e. The highest BCUT2D eigenvalue weighted by Crippen LogP contribution is 2.34. The van der Waals surface area contributed by atoms with Crippen molar-refractivity contribution in [2.45, 2.75) is 0 Å². The number of hydrogen-bond donors (Lipinski definition) is 1. The zero-order valence-electron chi connectivity index (χ0n) is 15.6. The molecule has 3 aromatic carbocycles. The van der Waals surface area contributed by atoms with E-state index in [1.54, 1.807) is 26.4 Å². The normalized spacial score (nSPS) is 10.7. The highest BCUT2D eigenvalue weighted by Gasteiger charge is 2.15. The first kappa shape index (κ1) is 17.8. The standard InChI is InChI=1S/C23H19FN2O2/c1-27-19-11-5-15(6-12-19)21-22(16-7-13-20(28-2)14-8-16)26-23(25-21)17-3-9-18(24)10-4-17/h3-14H,1-2H3,(H,25,26). The monoisotopic (exact) mass is 374 g/mol. The second-order valence-corrected chi connectivity index (χ2v) is 6.27. The highest BCUT2D eigenvalue weighted by atomic mass is 19.1. The van der Waals surface area contributed by atoms with Gasteiger partial charge in [0.25, 0.3) is 0 Å². The van der Waals surface area contributed by atoms with Gasteiger partial charge in [-0.3, -0.25) is 0 Å². The van der Waals surface area contributed by atoms with Crippen LogP contribution in [0.3, 0.4) is 0 Å². The lowest BCUT2D eigenvalue weighted by Gasteiger charge is -2.06. The lowest BCUT2D eigenvalue weighted by atomic mass is 10.0. The van der Waals surface area contributed by atoms with Crippen LogP contribution in [0.2, 0.25) is 0 Å². The van der Waals surface area contributed by atoms with Crippen molar-refractivity contribution >= 4 is 0 Å². The van der Waals surface area contributed by atoms with Gasteiger partial charge in [0, 0.05) is 16.7 Å². The van der Waals surface area contributed by atoms with Crippen LogP contribution in [0.25, 0.3) is 33.9 Å². The Labute approximate surface area is 162 Å². The minimum absolute atomic E-state index is 0.277. The third-order valence-corrected chi connectivity index (χ3v) is 4.56. The molecule has 0 atom stereocenters. The number of H-pyrrole nitrogens is 1. The van der Waals surface area contributed by atoms with E-state index in [2.05, 4.69) is 4.98 Å². The minimum atomic E-state index is -0.277. The number of aromatic amines is 1. The van der Waals surface area contributed by atoms with Crippen LogP contribution in [0.5, 0.6) is 11.5 Å². The fourth-order valence-electron chi connectivity index (χ4n) is 3.04. The van der Waals surface area contributed by atoms with Gasteiger partial charge >= 0.3 is 0 Å². The Kier molecular flexibility index (Phi) is 4.81. The number of nitrogens with one attached hydrogen (secondary N) is 1. The highest BCUT2D eigenvalue weighted by molar-refractivity contribution is 5.81. The molecule has 140 valence electrons. The third kappa shape index (κ3) is 3.47. The number of benzene rings is 3. The van der Waals surface area contributed by atoms with Crippen LogP contribution in [0, 0.1) is 5.82 Å². The second kappa shape index (κ2) is 7.56. The summed E-state index contributed by atoms with van der Waals surface area (Å²) in [6.07, 6.45) is 0. The Bertz CT molecular complexity index is 1000. The molecule has 4 rings (SSSR count). The summed E-state index contributed by atoms with van der Waals surface area (Å²) in [5, 5.41) is 0. The Morgan fingerprint density at radius 3 is 1.71 bits per heavy atom. The predicted octanol–water partition coefficient (Wildman–Crippen LogP) is 5.57. The van der Waals surface area contributed by atoms with E-state index in [0.717, 1.165) is 39.6 Å². The molecule has 1 N–H and O–H groups in total. The van der Waals surface area contributed by atoms with Crippen molar-refractivity contribution in [2.75, 3.05) is 14.2 Å². The maximum Gasteiger partial charge on any atom is 0.138 e. The van der Waals surface area contributed by atoms with E-state index in [1.807, 2.05) is 48.5 Å². The molecule has 4 nitrogen and oxygen atoms in total. The van der Waals surface area contributed by atoms with Crippen molar-refractivity contribution in [3.8, 4) is 45.4 Å². The van der Waals surface area contributed by atoms with E-state index >= 15 is 0 Å². The van der Waals surface area contributed by atoms with Crippen molar-refractivity contribution in [3.05, 3.63) is 78.6 Å². The second-order valence-electron chi connectivity index (χ2n) is 6.27. The van der Waals surface area contributed by atoms with Crippen molar-refractivity contribution in [3.63, 3.8) is 0 Å². The fourth-order valence-corrected chi connectivity index (χ4v) is 3.04. The lowest BCUT2D eigenvalue weighted by molar-refractivity contribution is 0.414. The molecule has 1 aromatic heterocycles. The maximum absolute atomic E-state index is 13.3. The lowest BCUT2D eigenvalue weighted by Crippen LogP contribution is -1.87. The van der Waals surface area contributed by atoms with E-state index in [0.29, 0.717) is 5.82 Å². The number of aromatic nitrogens is 2. The molecule has 0 unspecified atom stereocenters. The fraction of sp³-hybridized carbons (Fsp3) is 0.0870. The summed E-state index contributed by atoms with van der Waals surface area (Å²) < 4.78 is 23.8. The molecule has 0 aliphatic rings. The number of nitrogens with zero attached hydrogens (tertiary/aromatic N) is 1. The molecule has 0 fully saturated rings. The molecule has 28 heavy (non-hydrogen) atoms. The number of methoxy groups -OCH3 is 2. The quantitative estimate of drug-likeness (QED) is 0.497. The first-order valence-corrected chi connectivity index (χ1v) is 8.83. The van der Waals surface area contributed by atoms with Crippen LogP contribution in [0.1, 0.15) is 0 Å².